The van der Waals surface area contributed by atoms with Gasteiger partial charge in [-0.2, -0.15) is 0 Å². The summed E-state index contributed by atoms with van der Waals surface area (Å²) in [7, 11) is 0. The summed E-state index contributed by atoms with van der Waals surface area (Å²) in [6.07, 6.45) is 3.67. The van der Waals surface area contributed by atoms with Crippen LogP contribution in [0.15, 0.2) is 18.3 Å². The van der Waals surface area contributed by atoms with Crippen molar-refractivity contribution in [1.82, 2.24) is 15.6 Å². The molecule has 0 unspecified atom stereocenters. The summed E-state index contributed by atoms with van der Waals surface area (Å²) in [4.78, 5) is 15.8. The zero-order valence-corrected chi connectivity index (χ0v) is 10.9. The zero-order valence-electron chi connectivity index (χ0n) is 9.28. The number of nitrogens with one attached hydrogen (secondary N) is 2. The summed E-state index contributed by atoms with van der Waals surface area (Å²) in [6.45, 7) is 1.85. The van der Waals surface area contributed by atoms with Gasteiger partial charge in [0.2, 0.25) is 0 Å². The van der Waals surface area contributed by atoms with E-state index < -0.39 is 0 Å². The van der Waals surface area contributed by atoms with Crippen molar-refractivity contribution in [2.75, 3.05) is 13.1 Å². The third-order valence-corrected chi connectivity index (χ3v) is 2.94. The minimum absolute atomic E-state index is 0. The number of piperidine rings is 1. The highest BCUT2D eigenvalue weighted by atomic mass is 35.5. The molecule has 2 rings (SSSR count). The van der Waals surface area contributed by atoms with Crippen LogP contribution >= 0.6 is 24.0 Å². The van der Waals surface area contributed by atoms with Crippen LogP contribution in [-0.4, -0.2) is 30.0 Å². The molecule has 1 fully saturated rings. The Bertz CT molecular complexity index is 381. The molecule has 1 aliphatic rings. The van der Waals surface area contributed by atoms with Gasteiger partial charge in [0.05, 0.1) is 5.56 Å². The second-order valence-corrected chi connectivity index (χ2v) is 4.22. The monoisotopic (exact) mass is 275 g/mol. The molecule has 4 nitrogen and oxygen atoms in total. The van der Waals surface area contributed by atoms with E-state index in [9.17, 15) is 4.79 Å². The number of halogens is 2. The van der Waals surface area contributed by atoms with E-state index in [2.05, 4.69) is 15.6 Å². The first-order valence-electron chi connectivity index (χ1n) is 5.39. The van der Waals surface area contributed by atoms with Crippen LogP contribution in [0.4, 0.5) is 0 Å². The smallest absolute Gasteiger partial charge is 0.254 e. The van der Waals surface area contributed by atoms with Crippen molar-refractivity contribution in [3.8, 4) is 0 Å². The Hall–Kier alpha value is -0.840. The Kier molecular flexibility index (Phi) is 5.68. The lowest BCUT2D eigenvalue weighted by Gasteiger charge is -2.23. The first kappa shape index (κ1) is 14.2. The van der Waals surface area contributed by atoms with Crippen LogP contribution in [0, 0.1) is 0 Å². The van der Waals surface area contributed by atoms with Crippen molar-refractivity contribution in [3.63, 3.8) is 0 Å². The van der Waals surface area contributed by atoms with Crippen LogP contribution in [0.2, 0.25) is 5.15 Å². The Labute approximate surface area is 112 Å². The van der Waals surface area contributed by atoms with Crippen LogP contribution in [0.3, 0.4) is 0 Å². The zero-order chi connectivity index (χ0) is 11.4. The highest BCUT2D eigenvalue weighted by Gasteiger charge is 2.17. The van der Waals surface area contributed by atoms with E-state index >= 15 is 0 Å². The molecule has 17 heavy (non-hydrogen) atoms. The molecular formula is C11H15Cl2N3O. The molecule has 0 bridgehead atoms. The fourth-order valence-corrected chi connectivity index (χ4v) is 2.00. The summed E-state index contributed by atoms with van der Waals surface area (Å²) >= 11 is 5.85. The molecule has 0 aliphatic carbocycles. The van der Waals surface area contributed by atoms with Gasteiger partial charge in [0, 0.05) is 18.8 Å². The van der Waals surface area contributed by atoms with Crippen molar-refractivity contribution in [1.29, 1.82) is 0 Å². The van der Waals surface area contributed by atoms with Crippen LogP contribution in [0.5, 0.6) is 0 Å². The SMILES string of the molecule is Cl.O=C(N[C@H]1CCCNC1)c1cccnc1Cl. The number of hydrogen-bond donors (Lipinski definition) is 2. The number of aromatic nitrogens is 1. The molecule has 2 N–H and O–H groups in total. The Morgan fingerprint density at radius 1 is 1.59 bits per heavy atom. The maximum atomic E-state index is 11.9. The topological polar surface area (TPSA) is 54.0 Å². The van der Waals surface area contributed by atoms with E-state index in [0.29, 0.717) is 5.56 Å². The number of carbonyl (C=O) groups excluding carboxylic acids is 1. The third kappa shape index (κ3) is 3.84. The number of pyridine rings is 1. The lowest BCUT2D eigenvalue weighted by Crippen LogP contribution is -2.45. The fourth-order valence-electron chi connectivity index (χ4n) is 1.79. The molecule has 1 saturated heterocycles. The highest BCUT2D eigenvalue weighted by molar-refractivity contribution is 6.32. The Balaban J connectivity index is 0.00000144. The Morgan fingerprint density at radius 2 is 2.41 bits per heavy atom. The molecule has 6 heteroatoms. The highest BCUT2D eigenvalue weighted by Crippen LogP contribution is 2.12. The number of nitrogens with zero attached hydrogens (tertiary/aromatic N) is 1. The minimum Gasteiger partial charge on any atom is -0.348 e. The summed E-state index contributed by atoms with van der Waals surface area (Å²) in [6, 6.07) is 3.58. The first-order valence-corrected chi connectivity index (χ1v) is 5.77. The largest absolute Gasteiger partial charge is 0.348 e. The van der Waals surface area contributed by atoms with E-state index in [-0.39, 0.29) is 29.5 Å². The standard InChI is InChI=1S/C11H14ClN3O.ClH/c12-10-9(4-2-6-14-10)11(16)15-8-3-1-5-13-7-8;/h2,4,6,8,13H,1,3,5,7H2,(H,15,16);1H/t8-;/m0./s1. The molecule has 1 aliphatic heterocycles. The number of amides is 1. The van der Waals surface area contributed by atoms with Crippen molar-refractivity contribution in [3.05, 3.63) is 29.0 Å². The molecule has 0 aromatic carbocycles. The number of carbonyl (C=O) groups is 1. The van der Waals surface area contributed by atoms with Crippen LogP contribution in [0.1, 0.15) is 23.2 Å². The first-order chi connectivity index (χ1) is 7.77. The molecule has 1 aromatic rings. The van der Waals surface area contributed by atoms with Crippen molar-refractivity contribution >= 4 is 29.9 Å². The van der Waals surface area contributed by atoms with Crippen LogP contribution in [0.25, 0.3) is 0 Å². The lowest BCUT2D eigenvalue weighted by molar-refractivity contribution is 0.0930. The molecule has 2 heterocycles. The van der Waals surface area contributed by atoms with Gasteiger partial charge in [-0.25, -0.2) is 4.98 Å². The van der Waals surface area contributed by atoms with E-state index in [1.807, 2.05) is 0 Å². The quantitative estimate of drug-likeness (QED) is 0.807. The summed E-state index contributed by atoms with van der Waals surface area (Å²) in [5.74, 6) is -0.146. The van der Waals surface area contributed by atoms with Gasteiger partial charge in [-0.05, 0) is 31.5 Å². The van der Waals surface area contributed by atoms with Gasteiger partial charge in [0.25, 0.3) is 5.91 Å². The van der Waals surface area contributed by atoms with Gasteiger partial charge in [-0.15, -0.1) is 12.4 Å². The molecule has 94 valence electrons. The third-order valence-electron chi connectivity index (χ3n) is 2.64. The van der Waals surface area contributed by atoms with Crippen molar-refractivity contribution in [2.24, 2.45) is 0 Å². The van der Waals surface area contributed by atoms with E-state index in [1.165, 1.54) is 0 Å². The summed E-state index contributed by atoms with van der Waals surface area (Å²) in [5, 5.41) is 6.45. The number of hydrogen-bond acceptors (Lipinski definition) is 3. The van der Waals surface area contributed by atoms with Crippen LogP contribution < -0.4 is 10.6 Å². The molecule has 0 spiro atoms. The summed E-state index contributed by atoms with van der Waals surface area (Å²) in [5.41, 5.74) is 0.440. The average Bonchev–Trinajstić information content (AvgIpc) is 2.31. The molecule has 1 atom stereocenters. The maximum Gasteiger partial charge on any atom is 0.254 e. The predicted octanol–water partition coefficient (Wildman–Crippen LogP) is 1.64. The van der Waals surface area contributed by atoms with Crippen molar-refractivity contribution in [2.45, 2.75) is 18.9 Å². The van der Waals surface area contributed by atoms with E-state index in [4.69, 9.17) is 11.6 Å². The minimum atomic E-state index is -0.146. The molecule has 1 aromatic heterocycles. The summed E-state index contributed by atoms with van der Waals surface area (Å²) < 4.78 is 0. The second kappa shape index (κ2) is 6.79. The van der Waals surface area contributed by atoms with Gasteiger partial charge in [-0.1, -0.05) is 11.6 Å². The normalized spacial score (nSPS) is 19.2. The molecule has 0 saturated carbocycles. The molecule has 1 amide bonds. The Morgan fingerprint density at radius 3 is 3.06 bits per heavy atom. The van der Waals surface area contributed by atoms with Crippen molar-refractivity contribution < 1.29 is 4.79 Å². The van der Waals surface area contributed by atoms with Gasteiger partial charge < -0.3 is 10.6 Å². The molecule has 0 radical (unpaired) electrons. The second-order valence-electron chi connectivity index (χ2n) is 3.86. The van der Waals surface area contributed by atoms with Gasteiger partial charge in [0.1, 0.15) is 5.15 Å². The van der Waals surface area contributed by atoms with Gasteiger partial charge in [0.15, 0.2) is 0 Å². The van der Waals surface area contributed by atoms with E-state index in [1.54, 1.807) is 18.3 Å². The van der Waals surface area contributed by atoms with E-state index in [0.717, 1.165) is 25.9 Å². The number of rotatable bonds is 2. The predicted molar refractivity (Wildman–Crippen MR) is 69.9 cm³/mol. The molecular weight excluding hydrogens is 261 g/mol. The van der Waals surface area contributed by atoms with Gasteiger partial charge >= 0.3 is 0 Å². The lowest BCUT2D eigenvalue weighted by atomic mass is 10.1. The fraction of sp³-hybridized carbons (Fsp3) is 0.455. The van der Waals surface area contributed by atoms with Gasteiger partial charge in [-0.3, -0.25) is 4.79 Å². The average molecular weight is 276 g/mol. The maximum absolute atomic E-state index is 11.9. The van der Waals surface area contributed by atoms with Crippen LogP contribution in [-0.2, 0) is 0 Å².